The lowest BCUT2D eigenvalue weighted by molar-refractivity contribution is 0.0898. The lowest BCUT2D eigenvalue weighted by Crippen LogP contribution is -2.46. The first-order valence-electron chi connectivity index (χ1n) is 11.7. The van der Waals surface area contributed by atoms with E-state index < -0.39 is 0 Å². The summed E-state index contributed by atoms with van der Waals surface area (Å²) in [6.45, 7) is 6.72. The van der Waals surface area contributed by atoms with Gasteiger partial charge >= 0.3 is 0 Å². The first-order chi connectivity index (χ1) is 16.2. The van der Waals surface area contributed by atoms with E-state index in [1.165, 1.54) is 5.56 Å². The predicted molar refractivity (Wildman–Crippen MR) is 129 cm³/mol. The number of ether oxygens (including phenoxy) is 1. The maximum Gasteiger partial charge on any atom is 0.227 e. The summed E-state index contributed by atoms with van der Waals surface area (Å²) in [6.07, 6.45) is 4.77. The lowest BCUT2D eigenvalue weighted by Gasteiger charge is -2.35. The molecule has 2 unspecified atom stereocenters. The topological polar surface area (TPSA) is 74.7 Å². The number of carbonyl (C=O) groups excluding carboxylic acids is 1. The van der Waals surface area contributed by atoms with E-state index in [-0.39, 0.29) is 0 Å². The number of nitrogens with zero attached hydrogens (tertiary/aromatic N) is 6. The molecule has 0 N–H and O–H groups in total. The molecule has 8 nitrogen and oxygen atoms in total. The van der Waals surface area contributed by atoms with Crippen molar-refractivity contribution in [2.45, 2.75) is 31.5 Å². The van der Waals surface area contributed by atoms with E-state index in [0.29, 0.717) is 17.8 Å². The van der Waals surface area contributed by atoms with E-state index in [9.17, 15) is 4.79 Å². The Balaban J connectivity index is 1.43. The number of anilines is 1. The molecule has 3 aliphatic heterocycles. The summed E-state index contributed by atoms with van der Waals surface area (Å²) < 4.78 is 6.89. The number of aromatic nitrogens is 3. The molecule has 3 aromatic rings. The number of aldehydes is 1. The molecule has 0 saturated carbocycles. The molecule has 2 bridgehead atoms. The molecule has 172 valence electrons. The molecule has 3 aliphatic rings. The molecule has 0 aromatic carbocycles. The van der Waals surface area contributed by atoms with E-state index in [1.807, 2.05) is 6.07 Å². The maximum absolute atomic E-state index is 11.1. The summed E-state index contributed by atoms with van der Waals surface area (Å²) in [4.78, 5) is 32.9. The first-order valence-corrected chi connectivity index (χ1v) is 12.5. The fraction of sp³-hybridized carbons (Fsp3) is 0.500. The second-order valence-corrected chi connectivity index (χ2v) is 10.2. The molecule has 0 spiro atoms. The van der Waals surface area contributed by atoms with Gasteiger partial charge in [0.25, 0.3) is 0 Å². The van der Waals surface area contributed by atoms with E-state index in [4.69, 9.17) is 14.7 Å². The smallest absolute Gasteiger partial charge is 0.227 e. The van der Waals surface area contributed by atoms with Crippen LogP contribution in [0, 0.1) is 0 Å². The third kappa shape index (κ3) is 3.93. The molecule has 33 heavy (non-hydrogen) atoms. The van der Waals surface area contributed by atoms with E-state index in [2.05, 4.69) is 32.1 Å². The van der Waals surface area contributed by atoms with Crippen LogP contribution in [0.1, 0.15) is 28.9 Å². The van der Waals surface area contributed by atoms with Gasteiger partial charge in [0.15, 0.2) is 6.29 Å². The average molecular weight is 465 g/mol. The van der Waals surface area contributed by atoms with Crippen molar-refractivity contribution in [2.24, 2.45) is 0 Å². The number of carbonyl (C=O) groups is 1. The Hall–Kier alpha value is -2.46. The molecule has 3 saturated heterocycles. The zero-order valence-electron chi connectivity index (χ0n) is 18.8. The van der Waals surface area contributed by atoms with Crippen molar-refractivity contribution < 1.29 is 9.53 Å². The third-order valence-electron chi connectivity index (χ3n) is 7.12. The lowest BCUT2D eigenvalue weighted by atomic mass is 10.1. The zero-order valence-corrected chi connectivity index (χ0v) is 19.6. The van der Waals surface area contributed by atoms with Crippen LogP contribution in [0.3, 0.4) is 0 Å². The van der Waals surface area contributed by atoms with Crippen LogP contribution in [0.25, 0.3) is 21.5 Å². The van der Waals surface area contributed by atoms with Crippen molar-refractivity contribution in [3.8, 4) is 11.3 Å². The van der Waals surface area contributed by atoms with Crippen molar-refractivity contribution in [2.75, 3.05) is 51.3 Å². The summed E-state index contributed by atoms with van der Waals surface area (Å²) in [6, 6.07) is 4.37. The minimum absolute atomic E-state index is 0.337. The Labute approximate surface area is 197 Å². The Morgan fingerprint density at radius 3 is 2.61 bits per heavy atom. The van der Waals surface area contributed by atoms with Gasteiger partial charge in [0.2, 0.25) is 5.95 Å². The third-order valence-corrected chi connectivity index (χ3v) is 8.14. The van der Waals surface area contributed by atoms with Crippen LogP contribution in [-0.4, -0.2) is 89.6 Å². The molecular weight excluding hydrogens is 436 g/mol. The van der Waals surface area contributed by atoms with Crippen molar-refractivity contribution in [1.29, 1.82) is 0 Å². The van der Waals surface area contributed by atoms with E-state index in [1.54, 1.807) is 23.6 Å². The molecule has 0 radical (unpaired) electrons. The van der Waals surface area contributed by atoms with Crippen LogP contribution in [0.5, 0.6) is 0 Å². The summed E-state index contributed by atoms with van der Waals surface area (Å²) in [5.41, 5.74) is 4.56. The SMILES string of the molecule is CN1CCN(Cc2csc3c(-c4ccc(C=O)nc4)nc(N4C5CCC4COC5)nc23)CC1. The van der Waals surface area contributed by atoms with Gasteiger partial charge in [-0.3, -0.25) is 14.7 Å². The molecule has 0 amide bonds. The summed E-state index contributed by atoms with van der Waals surface area (Å²) in [7, 11) is 2.18. The number of likely N-dealkylation sites (N-methyl/N-ethyl adjacent to an activating group) is 1. The first kappa shape index (κ1) is 21.1. The van der Waals surface area contributed by atoms with Gasteiger partial charge in [-0.25, -0.2) is 9.97 Å². The molecule has 6 heterocycles. The normalized spacial score (nSPS) is 24.0. The standard InChI is InChI=1S/C24H28N6O2S/c1-28-6-8-29(9-7-28)11-17-15-33-23-21(16-2-3-18(12-31)25-10-16)26-24(27-22(17)23)30-19-4-5-20(30)14-32-13-19/h2-3,10,12,15,19-20H,4-9,11,13-14H2,1H3. The molecule has 9 heteroatoms. The van der Waals surface area contributed by atoms with Gasteiger partial charge < -0.3 is 14.5 Å². The molecule has 3 aromatic heterocycles. The van der Waals surface area contributed by atoms with Crippen LogP contribution in [0.15, 0.2) is 23.7 Å². The van der Waals surface area contributed by atoms with Gasteiger partial charge in [0, 0.05) is 50.0 Å². The van der Waals surface area contributed by atoms with Gasteiger partial charge in [0.05, 0.1) is 41.2 Å². The quantitative estimate of drug-likeness (QED) is 0.534. The number of thiophene rings is 1. The van der Waals surface area contributed by atoms with E-state index >= 15 is 0 Å². The fourth-order valence-corrected chi connectivity index (χ4v) is 6.20. The minimum atomic E-state index is 0.337. The highest BCUT2D eigenvalue weighted by atomic mass is 32.1. The highest BCUT2D eigenvalue weighted by Gasteiger charge is 2.39. The predicted octanol–water partition coefficient (Wildman–Crippen LogP) is 2.68. The summed E-state index contributed by atoms with van der Waals surface area (Å²) >= 11 is 1.70. The number of fused-ring (bicyclic) bond motifs is 3. The Morgan fingerprint density at radius 1 is 1.12 bits per heavy atom. The number of rotatable bonds is 5. The highest BCUT2D eigenvalue weighted by Crippen LogP contribution is 2.38. The van der Waals surface area contributed by atoms with Crippen LogP contribution in [0.2, 0.25) is 0 Å². The van der Waals surface area contributed by atoms with Gasteiger partial charge in [0.1, 0.15) is 5.69 Å². The maximum atomic E-state index is 11.1. The number of pyridine rings is 1. The number of piperazine rings is 1. The Morgan fingerprint density at radius 2 is 1.91 bits per heavy atom. The van der Waals surface area contributed by atoms with Crippen molar-refractivity contribution in [1.82, 2.24) is 24.8 Å². The molecular formula is C24H28N6O2S. The molecule has 6 rings (SSSR count). The second-order valence-electron chi connectivity index (χ2n) is 9.31. The van der Waals surface area contributed by atoms with E-state index in [0.717, 1.165) is 92.5 Å². The summed E-state index contributed by atoms with van der Waals surface area (Å²) in [5.74, 6) is 0.797. The van der Waals surface area contributed by atoms with Crippen LogP contribution < -0.4 is 4.90 Å². The average Bonchev–Trinajstić information content (AvgIpc) is 3.36. The molecule has 0 aliphatic carbocycles. The van der Waals surface area contributed by atoms with Gasteiger partial charge in [-0.1, -0.05) is 0 Å². The second kappa shape index (κ2) is 8.72. The van der Waals surface area contributed by atoms with Crippen molar-refractivity contribution in [3.05, 3.63) is 35.0 Å². The monoisotopic (exact) mass is 464 g/mol. The van der Waals surface area contributed by atoms with Gasteiger partial charge in [-0.2, -0.15) is 0 Å². The largest absolute Gasteiger partial charge is 0.377 e. The van der Waals surface area contributed by atoms with Gasteiger partial charge in [-0.15, -0.1) is 11.3 Å². The van der Waals surface area contributed by atoms with Crippen LogP contribution >= 0.6 is 11.3 Å². The van der Waals surface area contributed by atoms with Crippen LogP contribution in [-0.2, 0) is 11.3 Å². The van der Waals surface area contributed by atoms with Crippen LogP contribution in [0.4, 0.5) is 5.95 Å². The molecule has 3 fully saturated rings. The Kier molecular flexibility index (Phi) is 5.57. The molecule has 2 atom stereocenters. The highest BCUT2D eigenvalue weighted by molar-refractivity contribution is 7.17. The fourth-order valence-electron chi connectivity index (χ4n) is 5.19. The van der Waals surface area contributed by atoms with Crippen molar-refractivity contribution >= 4 is 33.8 Å². The number of hydrogen-bond acceptors (Lipinski definition) is 9. The Bertz CT molecular complexity index is 1140. The van der Waals surface area contributed by atoms with Gasteiger partial charge in [-0.05, 0) is 37.4 Å². The summed E-state index contributed by atoms with van der Waals surface area (Å²) in [5, 5.41) is 2.24. The number of hydrogen-bond donors (Lipinski definition) is 0. The zero-order chi connectivity index (χ0) is 22.4. The number of morpholine rings is 1. The minimum Gasteiger partial charge on any atom is -0.377 e. The van der Waals surface area contributed by atoms with Crippen molar-refractivity contribution in [3.63, 3.8) is 0 Å².